The van der Waals surface area contributed by atoms with Gasteiger partial charge < -0.3 is 10.0 Å². The van der Waals surface area contributed by atoms with Crippen molar-refractivity contribution in [3.8, 4) is 5.75 Å². The molecule has 4 heteroatoms. The van der Waals surface area contributed by atoms with E-state index in [-0.39, 0.29) is 22.6 Å². The number of likely N-dealkylation sites (tertiary alicyclic amines) is 1. The van der Waals surface area contributed by atoms with Gasteiger partial charge in [-0.25, -0.2) is 4.39 Å². The Labute approximate surface area is 117 Å². The van der Waals surface area contributed by atoms with Crippen LogP contribution in [0.3, 0.4) is 0 Å². The fourth-order valence-electron chi connectivity index (χ4n) is 3.35. The summed E-state index contributed by atoms with van der Waals surface area (Å²) in [5.74, 6) is -0.425. The number of hydrogen-bond acceptors (Lipinski definition) is 2. The van der Waals surface area contributed by atoms with Gasteiger partial charge in [0.25, 0.3) is 5.91 Å². The molecule has 2 aliphatic rings. The minimum Gasteiger partial charge on any atom is -0.508 e. The van der Waals surface area contributed by atoms with Crippen LogP contribution in [0.15, 0.2) is 30.4 Å². The molecule has 3 nitrogen and oxygen atoms in total. The Morgan fingerprint density at radius 3 is 2.70 bits per heavy atom. The number of carbonyl (C=O) groups is 1. The highest BCUT2D eigenvalue weighted by atomic mass is 19.1. The standard InChI is InChI=1S/C16H18FNO2/c1-10(2)11-6-16(7-11)8-18(9-16)15(20)13-5-12(19)3-4-14(13)17/h3-5,11,19H,1,6-9H2,2H3. The lowest BCUT2D eigenvalue weighted by atomic mass is 9.56. The first kappa shape index (κ1) is 13.2. The lowest BCUT2D eigenvalue weighted by Gasteiger charge is -2.59. The summed E-state index contributed by atoms with van der Waals surface area (Å²) in [4.78, 5) is 13.9. The number of hydrogen-bond donors (Lipinski definition) is 1. The minimum absolute atomic E-state index is 0.0457. The van der Waals surface area contributed by atoms with E-state index in [0.29, 0.717) is 19.0 Å². The molecule has 0 unspecified atom stereocenters. The quantitative estimate of drug-likeness (QED) is 0.843. The van der Waals surface area contributed by atoms with E-state index < -0.39 is 5.82 Å². The number of phenolic OH excluding ortho intramolecular Hbond substituents is 1. The first-order valence-corrected chi connectivity index (χ1v) is 6.83. The van der Waals surface area contributed by atoms with E-state index in [2.05, 4.69) is 6.58 Å². The number of amides is 1. The molecule has 1 aromatic carbocycles. The van der Waals surface area contributed by atoms with E-state index >= 15 is 0 Å². The maximum atomic E-state index is 13.6. The van der Waals surface area contributed by atoms with Gasteiger partial charge in [0.1, 0.15) is 11.6 Å². The second-order valence-electron chi connectivity index (χ2n) is 6.28. The molecule has 0 aromatic heterocycles. The largest absolute Gasteiger partial charge is 0.508 e. The summed E-state index contributed by atoms with van der Waals surface area (Å²) >= 11 is 0. The second kappa shape index (κ2) is 4.33. The summed E-state index contributed by atoms with van der Waals surface area (Å²) in [5, 5.41) is 9.37. The molecule has 106 valence electrons. The number of halogens is 1. The number of aromatic hydroxyl groups is 1. The van der Waals surface area contributed by atoms with E-state index in [4.69, 9.17) is 0 Å². The summed E-state index contributed by atoms with van der Waals surface area (Å²) in [5.41, 5.74) is 1.39. The van der Waals surface area contributed by atoms with Crippen LogP contribution in [0.2, 0.25) is 0 Å². The topological polar surface area (TPSA) is 40.5 Å². The van der Waals surface area contributed by atoms with Crippen molar-refractivity contribution in [1.82, 2.24) is 4.90 Å². The molecule has 1 aliphatic heterocycles. The van der Waals surface area contributed by atoms with E-state index in [0.717, 1.165) is 18.9 Å². The van der Waals surface area contributed by atoms with Crippen molar-refractivity contribution in [3.63, 3.8) is 0 Å². The van der Waals surface area contributed by atoms with E-state index in [1.807, 2.05) is 6.92 Å². The molecular weight excluding hydrogens is 257 g/mol. The first-order valence-electron chi connectivity index (χ1n) is 6.83. The molecule has 1 aromatic rings. The molecule has 3 rings (SSSR count). The molecule has 1 aliphatic carbocycles. The number of rotatable bonds is 2. The maximum absolute atomic E-state index is 13.6. The summed E-state index contributed by atoms with van der Waals surface area (Å²) in [7, 11) is 0. The Bertz CT molecular complexity index is 582. The first-order chi connectivity index (χ1) is 9.40. The number of phenols is 1. The van der Waals surface area contributed by atoms with E-state index in [1.165, 1.54) is 17.7 Å². The summed E-state index contributed by atoms with van der Waals surface area (Å²) in [6.07, 6.45) is 2.16. The highest BCUT2D eigenvalue weighted by Gasteiger charge is 2.53. The smallest absolute Gasteiger partial charge is 0.257 e. The molecule has 0 atom stereocenters. The van der Waals surface area contributed by atoms with Crippen LogP contribution in [0.1, 0.15) is 30.1 Å². The average Bonchev–Trinajstić information content (AvgIpc) is 2.28. The molecule has 1 saturated carbocycles. The summed E-state index contributed by atoms with van der Waals surface area (Å²) in [6.45, 7) is 7.38. The fourth-order valence-corrected chi connectivity index (χ4v) is 3.35. The van der Waals surface area contributed by atoms with Crippen LogP contribution in [0.5, 0.6) is 5.75 Å². The normalized spacial score (nSPS) is 20.4. The van der Waals surface area contributed by atoms with Crippen LogP contribution in [-0.4, -0.2) is 29.0 Å². The zero-order valence-corrected chi connectivity index (χ0v) is 11.5. The van der Waals surface area contributed by atoms with Gasteiger partial charge in [-0.05, 0) is 43.9 Å². The highest BCUT2D eigenvalue weighted by molar-refractivity contribution is 5.95. The Morgan fingerprint density at radius 1 is 1.45 bits per heavy atom. The van der Waals surface area contributed by atoms with E-state index in [1.54, 1.807) is 4.90 Å². The number of carbonyl (C=O) groups excluding carboxylic acids is 1. The maximum Gasteiger partial charge on any atom is 0.257 e. The van der Waals surface area contributed by atoms with Crippen molar-refractivity contribution in [2.45, 2.75) is 19.8 Å². The molecule has 1 saturated heterocycles. The molecule has 0 bridgehead atoms. The molecule has 2 fully saturated rings. The van der Waals surface area contributed by atoms with Crippen LogP contribution in [0.4, 0.5) is 4.39 Å². The second-order valence-corrected chi connectivity index (χ2v) is 6.28. The van der Waals surface area contributed by atoms with Crippen molar-refractivity contribution in [2.24, 2.45) is 11.3 Å². The zero-order valence-electron chi connectivity index (χ0n) is 11.5. The third-order valence-electron chi connectivity index (χ3n) is 4.58. The molecule has 1 spiro atoms. The molecule has 1 heterocycles. The van der Waals surface area contributed by atoms with Crippen LogP contribution < -0.4 is 0 Å². The predicted octanol–water partition coefficient (Wildman–Crippen LogP) is 2.96. The van der Waals surface area contributed by atoms with Crippen LogP contribution >= 0.6 is 0 Å². The Hall–Kier alpha value is -1.84. The molecule has 1 amide bonds. The fraction of sp³-hybridized carbons (Fsp3) is 0.438. The predicted molar refractivity (Wildman–Crippen MR) is 73.9 cm³/mol. The van der Waals surface area contributed by atoms with Gasteiger partial charge in [-0.2, -0.15) is 0 Å². The SMILES string of the molecule is C=C(C)C1CC2(C1)CN(C(=O)c1cc(O)ccc1F)C2. The lowest BCUT2D eigenvalue weighted by molar-refractivity contribution is -0.0665. The third kappa shape index (κ3) is 1.99. The molecule has 1 N–H and O–H groups in total. The van der Waals surface area contributed by atoms with Gasteiger partial charge in [0.2, 0.25) is 0 Å². The van der Waals surface area contributed by atoms with Crippen LogP contribution in [-0.2, 0) is 0 Å². The van der Waals surface area contributed by atoms with Gasteiger partial charge in [-0.1, -0.05) is 12.2 Å². The highest BCUT2D eigenvalue weighted by Crippen LogP contribution is 2.54. The van der Waals surface area contributed by atoms with Crippen molar-refractivity contribution in [1.29, 1.82) is 0 Å². The number of allylic oxidation sites excluding steroid dienone is 1. The Morgan fingerprint density at radius 2 is 2.10 bits per heavy atom. The third-order valence-corrected chi connectivity index (χ3v) is 4.58. The molecule has 20 heavy (non-hydrogen) atoms. The van der Waals surface area contributed by atoms with Gasteiger partial charge >= 0.3 is 0 Å². The molecule has 0 radical (unpaired) electrons. The minimum atomic E-state index is -0.581. The lowest BCUT2D eigenvalue weighted by Crippen LogP contribution is -2.63. The van der Waals surface area contributed by atoms with Gasteiger partial charge in [-0.15, -0.1) is 0 Å². The van der Waals surface area contributed by atoms with Crippen LogP contribution in [0.25, 0.3) is 0 Å². The van der Waals surface area contributed by atoms with Gasteiger partial charge in [-0.3, -0.25) is 4.79 Å². The number of nitrogens with zero attached hydrogens (tertiary/aromatic N) is 1. The van der Waals surface area contributed by atoms with Crippen LogP contribution in [0, 0.1) is 17.2 Å². The zero-order chi connectivity index (χ0) is 14.5. The monoisotopic (exact) mass is 275 g/mol. The van der Waals surface area contributed by atoms with Gasteiger partial charge in [0.05, 0.1) is 5.56 Å². The van der Waals surface area contributed by atoms with Gasteiger partial charge in [0, 0.05) is 18.5 Å². The number of benzene rings is 1. The Kier molecular flexibility index (Phi) is 2.85. The van der Waals surface area contributed by atoms with Gasteiger partial charge in [0.15, 0.2) is 0 Å². The molecular formula is C16H18FNO2. The Balaban J connectivity index is 1.64. The average molecular weight is 275 g/mol. The van der Waals surface area contributed by atoms with Crippen molar-refractivity contribution < 1.29 is 14.3 Å². The van der Waals surface area contributed by atoms with Crippen molar-refractivity contribution in [2.75, 3.05) is 13.1 Å². The summed E-state index contributed by atoms with van der Waals surface area (Å²) in [6, 6.07) is 3.56. The van der Waals surface area contributed by atoms with E-state index in [9.17, 15) is 14.3 Å². The summed E-state index contributed by atoms with van der Waals surface area (Å²) < 4.78 is 13.6. The van der Waals surface area contributed by atoms with Crippen molar-refractivity contribution in [3.05, 3.63) is 41.7 Å². The van der Waals surface area contributed by atoms with Crippen molar-refractivity contribution >= 4 is 5.91 Å².